The molecule has 9 nitrogen and oxygen atoms in total. The molecular formula is C13H15N3O6. The molecule has 0 spiro atoms. The van der Waals surface area contributed by atoms with E-state index in [2.05, 4.69) is 20.0 Å². The normalized spacial score (nSPS) is 10.8. The lowest BCUT2D eigenvalue weighted by Crippen LogP contribution is -2.21. The summed E-state index contributed by atoms with van der Waals surface area (Å²) in [6.45, 7) is 1.74. The van der Waals surface area contributed by atoms with E-state index in [9.17, 15) is 19.7 Å². The van der Waals surface area contributed by atoms with Gasteiger partial charge >= 0.3 is 11.9 Å². The van der Waals surface area contributed by atoms with Crippen LogP contribution < -0.4 is 5.43 Å². The number of nitro benzene ring substituents is 1. The van der Waals surface area contributed by atoms with E-state index >= 15 is 0 Å². The van der Waals surface area contributed by atoms with Crippen LogP contribution in [0.4, 0.5) is 11.4 Å². The summed E-state index contributed by atoms with van der Waals surface area (Å²) in [6.07, 6.45) is -0.421. The van der Waals surface area contributed by atoms with Crippen molar-refractivity contribution in [2.75, 3.05) is 19.6 Å². The lowest BCUT2D eigenvalue weighted by Gasteiger charge is -2.06. The van der Waals surface area contributed by atoms with Crippen molar-refractivity contribution in [2.45, 2.75) is 13.3 Å². The smallest absolute Gasteiger partial charge is 0.354 e. The van der Waals surface area contributed by atoms with Gasteiger partial charge in [-0.15, -0.1) is 0 Å². The summed E-state index contributed by atoms with van der Waals surface area (Å²) in [5.74, 6) is -1.53. The first-order valence-corrected chi connectivity index (χ1v) is 6.11. The Kier molecular flexibility index (Phi) is 5.99. The Morgan fingerprint density at radius 2 is 2.00 bits per heavy atom. The summed E-state index contributed by atoms with van der Waals surface area (Å²) in [5.41, 5.74) is 2.80. The summed E-state index contributed by atoms with van der Waals surface area (Å²) < 4.78 is 8.94. The Morgan fingerprint density at radius 3 is 2.55 bits per heavy atom. The topological polar surface area (TPSA) is 120 Å². The highest BCUT2D eigenvalue weighted by atomic mass is 16.6. The maximum atomic E-state index is 11.5. The molecule has 1 rings (SSSR count). The van der Waals surface area contributed by atoms with Gasteiger partial charge in [0.25, 0.3) is 5.69 Å². The predicted molar refractivity (Wildman–Crippen MR) is 77.5 cm³/mol. The minimum absolute atomic E-state index is 0.0938. The fourth-order valence-electron chi connectivity index (χ4n) is 1.51. The van der Waals surface area contributed by atoms with Crippen molar-refractivity contribution in [1.29, 1.82) is 0 Å². The molecule has 118 valence electrons. The van der Waals surface area contributed by atoms with Crippen LogP contribution in [-0.4, -0.2) is 36.8 Å². The van der Waals surface area contributed by atoms with Crippen LogP contribution in [0.5, 0.6) is 0 Å². The molecule has 0 saturated carbocycles. The van der Waals surface area contributed by atoms with E-state index in [1.165, 1.54) is 12.1 Å². The number of hydrogen-bond acceptors (Lipinski definition) is 8. The van der Waals surface area contributed by atoms with E-state index in [-0.39, 0.29) is 17.1 Å². The van der Waals surface area contributed by atoms with Crippen molar-refractivity contribution < 1.29 is 24.0 Å². The van der Waals surface area contributed by atoms with Gasteiger partial charge in [0, 0.05) is 6.07 Å². The third kappa shape index (κ3) is 4.54. The molecule has 0 fully saturated rings. The molecule has 9 heteroatoms. The number of anilines is 1. The van der Waals surface area contributed by atoms with E-state index in [1.807, 2.05) is 0 Å². The molecule has 0 bridgehead atoms. The van der Waals surface area contributed by atoms with Crippen LogP contribution >= 0.6 is 0 Å². The molecular weight excluding hydrogens is 294 g/mol. The molecule has 1 aromatic rings. The van der Waals surface area contributed by atoms with Crippen LogP contribution in [0.1, 0.15) is 12.0 Å². The van der Waals surface area contributed by atoms with Crippen LogP contribution in [-0.2, 0) is 19.1 Å². The molecule has 0 heterocycles. The van der Waals surface area contributed by atoms with Crippen molar-refractivity contribution in [3.8, 4) is 0 Å². The third-order valence-electron chi connectivity index (χ3n) is 2.62. The highest BCUT2D eigenvalue weighted by Gasteiger charge is 2.18. The number of hydrazone groups is 1. The highest BCUT2D eigenvalue weighted by Crippen LogP contribution is 2.25. The van der Waals surface area contributed by atoms with E-state index in [0.29, 0.717) is 0 Å². The fraction of sp³-hybridized carbons (Fsp3) is 0.308. The van der Waals surface area contributed by atoms with Gasteiger partial charge in [-0.1, -0.05) is 6.07 Å². The van der Waals surface area contributed by atoms with Crippen molar-refractivity contribution in [3.63, 3.8) is 0 Å². The number of carbonyl (C=O) groups excluding carboxylic acids is 2. The maximum Gasteiger partial charge on any atom is 0.354 e. The first kappa shape index (κ1) is 17.1. The Balaban J connectivity index is 3.08. The average molecular weight is 309 g/mol. The molecule has 0 amide bonds. The zero-order valence-electron chi connectivity index (χ0n) is 12.3. The first-order valence-electron chi connectivity index (χ1n) is 6.11. The molecule has 0 unspecified atom stereocenters. The number of rotatable bonds is 6. The van der Waals surface area contributed by atoms with E-state index in [4.69, 9.17) is 0 Å². The Hall–Kier alpha value is -2.97. The first-order chi connectivity index (χ1) is 10.4. The van der Waals surface area contributed by atoms with Crippen LogP contribution in [0.3, 0.4) is 0 Å². The van der Waals surface area contributed by atoms with Gasteiger partial charge in [0.05, 0.1) is 25.6 Å². The lowest BCUT2D eigenvalue weighted by atomic mass is 10.2. The highest BCUT2D eigenvalue weighted by molar-refractivity contribution is 6.39. The molecule has 0 aromatic heterocycles. The standard InChI is InChI=1S/C13H15N3O6/c1-8-4-5-11(16(19)20)9(6-8)14-15-10(13(18)22-3)7-12(17)21-2/h4-6,14H,7H2,1-3H3/b15-10-. The number of nitrogens with zero attached hydrogens (tertiary/aromatic N) is 2. The summed E-state index contributed by atoms with van der Waals surface area (Å²) in [4.78, 5) is 33.1. The van der Waals surface area contributed by atoms with Gasteiger partial charge in [-0.25, -0.2) is 4.79 Å². The molecule has 1 aromatic carbocycles. The minimum atomic E-state index is -0.840. The Bertz CT molecular complexity index is 626. The van der Waals surface area contributed by atoms with Crippen LogP contribution in [0.15, 0.2) is 23.3 Å². The second-order valence-electron chi connectivity index (χ2n) is 4.19. The predicted octanol–water partition coefficient (Wildman–Crippen LogP) is 1.41. The molecule has 0 aliphatic heterocycles. The zero-order valence-corrected chi connectivity index (χ0v) is 12.3. The number of ether oxygens (including phenoxy) is 2. The van der Waals surface area contributed by atoms with Gasteiger partial charge in [-0.3, -0.25) is 20.3 Å². The Labute approximate surface area is 126 Å². The third-order valence-corrected chi connectivity index (χ3v) is 2.62. The van der Waals surface area contributed by atoms with E-state index in [0.717, 1.165) is 19.8 Å². The molecule has 0 atom stereocenters. The molecule has 0 saturated heterocycles. The second kappa shape index (κ2) is 7.72. The average Bonchev–Trinajstić information content (AvgIpc) is 2.49. The Morgan fingerprint density at radius 1 is 1.32 bits per heavy atom. The molecule has 0 aliphatic rings. The quantitative estimate of drug-likeness (QED) is 0.365. The van der Waals surface area contributed by atoms with Gasteiger partial charge < -0.3 is 9.47 Å². The van der Waals surface area contributed by atoms with Crippen LogP contribution in [0.2, 0.25) is 0 Å². The van der Waals surface area contributed by atoms with Crippen molar-refractivity contribution in [1.82, 2.24) is 0 Å². The molecule has 22 heavy (non-hydrogen) atoms. The number of aryl methyl sites for hydroxylation is 1. The van der Waals surface area contributed by atoms with E-state index in [1.54, 1.807) is 13.0 Å². The zero-order chi connectivity index (χ0) is 16.7. The number of benzene rings is 1. The van der Waals surface area contributed by atoms with Gasteiger partial charge in [-0.2, -0.15) is 5.10 Å². The molecule has 1 N–H and O–H groups in total. The SMILES string of the molecule is COC(=O)C/C(=N/Nc1cc(C)ccc1[N+](=O)[O-])C(=O)OC. The number of carbonyl (C=O) groups is 2. The summed E-state index contributed by atoms with van der Waals surface area (Å²) >= 11 is 0. The van der Waals surface area contributed by atoms with Gasteiger partial charge in [0.2, 0.25) is 0 Å². The van der Waals surface area contributed by atoms with Gasteiger partial charge in [-0.05, 0) is 18.6 Å². The second-order valence-corrected chi connectivity index (χ2v) is 4.19. The monoisotopic (exact) mass is 309 g/mol. The van der Waals surface area contributed by atoms with Gasteiger partial charge in [0.15, 0.2) is 5.71 Å². The summed E-state index contributed by atoms with van der Waals surface area (Å²) in [5, 5.41) is 14.7. The van der Waals surface area contributed by atoms with Crippen LogP contribution in [0.25, 0.3) is 0 Å². The summed E-state index contributed by atoms with van der Waals surface area (Å²) in [7, 11) is 2.29. The van der Waals surface area contributed by atoms with Gasteiger partial charge in [0.1, 0.15) is 5.69 Å². The molecule has 0 aliphatic carbocycles. The van der Waals surface area contributed by atoms with Crippen LogP contribution in [0, 0.1) is 17.0 Å². The van der Waals surface area contributed by atoms with E-state index < -0.39 is 23.3 Å². The van der Waals surface area contributed by atoms with Crippen molar-refractivity contribution in [2.24, 2.45) is 5.10 Å². The number of methoxy groups -OCH3 is 2. The fourth-order valence-corrected chi connectivity index (χ4v) is 1.51. The number of esters is 2. The van der Waals surface area contributed by atoms with Crippen molar-refractivity contribution >= 4 is 29.0 Å². The minimum Gasteiger partial charge on any atom is -0.469 e. The van der Waals surface area contributed by atoms with Crippen molar-refractivity contribution in [3.05, 3.63) is 33.9 Å². The number of nitro groups is 1. The largest absolute Gasteiger partial charge is 0.469 e. The lowest BCUT2D eigenvalue weighted by molar-refractivity contribution is -0.384. The molecule has 0 radical (unpaired) electrons. The number of hydrogen-bond donors (Lipinski definition) is 1. The maximum absolute atomic E-state index is 11.5. The number of nitrogens with one attached hydrogen (secondary N) is 1. The summed E-state index contributed by atoms with van der Waals surface area (Å²) in [6, 6.07) is 4.38.